The quantitative estimate of drug-likeness (QED) is 0.783. The predicted molar refractivity (Wildman–Crippen MR) is 54.0 cm³/mol. The molecule has 2 rings (SSSR count). The van der Waals surface area contributed by atoms with Gasteiger partial charge in [0.15, 0.2) is 0 Å². The first kappa shape index (κ1) is 8.90. The highest BCUT2D eigenvalue weighted by molar-refractivity contribution is 7.13. The minimum Gasteiger partial charge on any atom is -0.360 e. The Morgan fingerprint density at radius 1 is 1.77 bits per heavy atom. The highest BCUT2D eigenvalue weighted by Crippen LogP contribution is 2.16. The van der Waals surface area contributed by atoms with Gasteiger partial charge < -0.3 is 10.2 Å². The third-order valence-electron chi connectivity index (χ3n) is 2.39. The lowest BCUT2D eigenvalue weighted by Gasteiger charge is -2.10. The van der Waals surface area contributed by atoms with Gasteiger partial charge in [-0.25, -0.2) is 0 Å². The van der Waals surface area contributed by atoms with Crippen LogP contribution in [0.15, 0.2) is 5.51 Å². The summed E-state index contributed by atoms with van der Waals surface area (Å²) in [5.41, 5.74) is 1.75. The molecule has 0 saturated carbocycles. The van der Waals surface area contributed by atoms with Gasteiger partial charge in [-0.05, 0) is 25.9 Å². The predicted octanol–water partition coefficient (Wildman–Crippen LogP) is 0.902. The molecule has 5 heteroatoms. The molecule has 2 heterocycles. The van der Waals surface area contributed by atoms with Gasteiger partial charge in [-0.2, -0.15) is 0 Å². The first-order chi connectivity index (χ1) is 6.34. The van der Waals surface area contributed by atoms with E-state index in [1.165, 1.54) is 19.5 Å². The lowest BCUT2D eigenvalue weighted by atomic mass is 10.1. The monoisotopic (exact) mass is 198 g/mol. The molecular weight excluding hydrogens is 184 g/mol. The molecular formula is C8H14N4S. The molecule has 0 aliphatic carbocycles. The number of likely N-dealkylation sites (tertiary alicyclic amines) is 1. The zero-order valence-corrected chi connectivity index (χ0v) is 8.55. The van der Waals surface area contributed by atoms with Crippen molar-refractivity contribution in [2.24, 2.45) is 5.92 Å². The van der Waals surface area contributed by atoms with Crippen molar-refractivity contribution in [2.45, 2.75) is 6.42 Å². The fraction of sp³-hybridized carbons (Fsp3) is 0.750. The number of nitrogens with zero attached hydrogens (tertiary/aromatic N) is 3. The second-order valence-corrected chi connectivity index (χ2v) is 4.37. The summed E-state index contributed by atoms with van der Waals surface area (Å²) in [4.78, 5) is 2.37. The molecule has 0 amide bonds. The Morgan fingerprint density at radius 2 is 2.69 bits per heavy atom. The van der Waals surface area contributed by atoms with E-state index in [-0.39, 0.29) is 0 Å². The Morgan fingerprint density at radius 3 is 3.31 bits per heavy atom. The second-order valence-electron chi connectivity index (χ2n) is 3.54. The Bertz CT molecular complexity index is 249. The van der Waals surface area contributed by atoms with Crippen LogP contribution in [0.2, 0.25) is 0 Å². The Balaban J connectivity index is 1.74. The summed E-state index contributed by atoms with van der Waals surface area (Å²) in [6.07, 6.45) is 1.29. The number of anilines is 1. The molecule has 0 aromatic carbocycles. The Labute approximate surface area is 82.0 Å². The molecule has 1 N–H and O–H groups in total. The van der Waals surface area contributed by atoms with Gasteiger partial charge in [-0.3, -0.25) is 0 Å². The van der Waals surface area contributed by atoms with Crippen LogP contribution in [0, 0.1) is 5.92 Å². The first-order valence-electron chi connectivity index (χ1n) is 4.53. The molecule has 13 heavy (non-hydrogen) atoms. The van der Waals surface area contributed by atoms with E-state index in [0.717, 1.165) is 17.6 Å². The van der Waals surface area contributed by atoms with Gasteiger partial charge in [0.05, 0.1) is 0 Å². The second kappa shape index (κ2) is 4.02. The van der Waals surface area contributed by atoms with Gasteiger partial charge in [0.1, 0.15) is 5.51 Å². The van der Waals surface area contributed by atoms with Crippen LogP contribution in [0.5, 0.6) is 0 Å². The zero-order chi connectivity index (χ0) is 9.10. The van der Waals surface area contributed by atoms with Crippen LogP contribution in [0.1, 0.15) is 6.42 Å². The highest BCUT2D eigenvalue weighted by Gasteiger charge is 2.18. The molecule has 1 atom stereocenters. The van der Waals surface area contributed by atoms with E-state index < -0.39 is 0 Å². The van der Waals surface area contributed by atoms with E-state index >= 15 is 0 Å². The standard InChI is InChI=1S/C8H14N4S/c1-12-3-2-7(5-12)4-9-8-11-10-6-13-8/h6-7H,2-5H2,1H3,(H,9,11). The van der Waals surface area contributed by atoms with Crippen molar-refractivity contribution in [3.63, 3.8) is 0 Å². The molecule has 1 unspecified atom stereocenters. The van der Waals surface area contributed by atoms with E-state index in [1.807, 2.05) is 0 Å². The van der Waals surface area contributed by atoms with E-state index in [0.29, 0.717) is 0 Å². The third-order valence-corrected chi connectivity index (χ3v) is 3.04. The highest BCUT2D eigenvalue weighted by atomic mass is 32.1. The summed E-state index contributed by atoms with van der Waals surface area (Å²) in [6, 6.07) is 0. The Kier molecular flexibility index (Phi) is 2.75. The molecule has 0 spiro atoms. The van der Waals surface area contributed by atoms with Crippen LogP contribution < -0.4 is 5.32 Å². The van der Waals surface area contributed by atoms with Crippen molar-refractivity contribution < 1.29 is 0 Å². The number of aromatic nitrogens is 2. The Hall–Kier alpha value is -0.680. The van der Waals surface area contributed by atoms with Gasteiger partial charge in [0, 0.05) is 13.1 Å². The van der Waals surface area contributed by atoms with Gasteiger partial charge in [0.25, 0.3) is 0 Å². The topological polar surface area (TPSA) is 41.0 Å². The molecule has 1 aliphatic heterocycles. The largest absolute Gasteiger partial charge is 0.360 e. The maximum atomic E-state index is 3.94. The van der Waals surface area contributed by atoms with Crippen LogP contribution in [0.25, 0.3) is 0 Å². The van der Waals surface area contributed by atoms with Crippen LogP contribution in [-0.2, 0) is 0 Å². The zero-order valence-electron chi connectivity index (χ0n) is 7.73. The number of rotatable bonds is 3. The summed E-state index contributed by atoms with van der Waals surface area (Å²) in [5.74, 6) is 0.772. The normalized spacial score (nSPS) is 23.6. The summed E-state index contributed by atoms with van der Waals surface area (Å²) in [7, 11) is 2.17. The lowest BCUT2D eigenvalue weighted by Crippen LogP contribution is -2.19. The summed E-state index contributed by atoms with van der Waals surface area (Å²) in [6.45, 7) is 3.45. The average molecular weight is 198 g/mol. The van der Waals surface area contributed by atoms with Crippen LogP contribution in [0.3, 0.4) is 0 Å². The van der Waals surface area contributed by atoms with Crippen molar-refractivity contribution in [1.82, 2.24) is 15.1 Å². The smallest absolute Gasteiger partial charge is 0.205 e. The van der Waals surface area contributed by atoms with Gasteiger partial charge in [0.2, 0.25) is 5.13 Å². The summed E-state index contributed by atoms with van der Waals surface area (Å²) >= 11 is 1.56. The van der Waals surface area contributed by atoms with Crippen molar-refractivity contribution in [3.05, 3.63) is 5.51 Å². The lowest BCUT2D eigenvalue weighted by molar-refractivity contribution is 0.399. The molecule has 1 aromatic rings. The number of hydrogen-bond donors (Lipinski definition) is 1. The van der Waals surface area contributed by atoms with Crippen LogP contribution >= 0.6 is 11.3 Å². The summed E-state index contributed by atoms with van der Waals surface area (Å²) in [5, 5.41) is 12.0. The fourth-order valence-electron chi connectivity index (χ4n) is 1.67. The van der Waals surface area contributed by atoms with Crippen LogP contribution in [-0.4, -0.2) is 41.8 Å². The molecule has 4 nitrogen and oxygen atoms in total. The summed E-state index contributed by atoms with van der Waals surface area (Å²) < 4.78 is 0. The van der Waals surface area contributed by atoms with Crippen LogP contribution in [0.4, 0.5) is 5.13 Å². The first-order valence-corrected chi connectivity index (χ1v) is 5.41. The molecule has 0 bridgehead atoms. The molecule has 72 valence electrons. The van der Waals surface area contributed by atoms with Gasteiger partial charge >= 0.3 is 0 Å². The van der Waals surface area contributed by atoms with Crippen molar-refractivity contribution >= 4 is 16.5 Å². The SMILES string of the molecule is CN1CCC(CNc2nncs2)C1. The molecule has 1 aliphatic rings. The number of nitrogens with one attached hydrogen (secondary N) is 1. The van der Waals surface area contributed by atoms with Gasteiger partial charge in [-0.1, -0.05) is 11.3 Å². The number of hydrogen-bond acceptors (Lipinski definition) is 5. The minimum atomic E-state index is 0.772. The van der Waals surface area contributed by atoms with Crippen molar-refractivity contribution in [1.29, 1.82) is 0 Å². The molecule has 1 aromatic heterocycles. The van der Waals surface area contributed by atoms with E-state index in [1.54, 1.807) is 16.8 Å². The molecule has 0 radical (unpaired) electrons. The van der Waals surface area contributed by atoms with Gasteiger partial charge in [-0.15, -0.1) is 10.2 Å². The third kappa shape index (κ3) is 2.38. The van der Waals surface area contributed by atoms with Crippen molar-refractivity contribution in [2.75, 3.05) is 32.0 Å². The molecule has 1 fully saturated rings. The maximum Gasteiger partial charge on any atom is 0.205 e. The van der Waals surface area contributed by atoms with E-state index in [2.05, 4.69) is 27.5 Å². The van der Waals surface area contributed by atoms with E-state index in [4.69, 9.17) is 0 Å². The van der Waals surface area contributed by atoms with E-state index in [9.17, 15) is 0 Å². The maximum absolute atomic E-state index is 3.94. The fourth-order valence-corrected chi connectivity index (χ4v) is 2.13. The molecule has 1 saturated heterocycles. The minimum absolute atomic E-state index is 0.772. The van der Waals surface area contributed by atoms with Crippen molar-refractivity contribution in [3.8, 4) is 0 Å². The average Bonchev–Trinajstić information content (AvgIpc) is 2.71.